The maximum atomic E-state index is 13.5. The van der Waals surface area contributed by atoms with Crippen molar-refractivity contribution in [1.29, 1.82) is 0 Å². The van der Waals surface area contributed by atoms with E-state index in [1.54, 1.807) is 32.9 Å². The molecule has 0 radical (unpaired) electrons. The monoisotopic (exact) mass is 496 g/mol. The number of likely N-dealkylation sites (N-methyl/N-ethyl adjacent to an activating group) is 1. The number of ether oxygens (including phenoxy) is 1. The maximum absolute atomic E-state index is 13.5. The lowest BCUT2D eigenvalue weighted by Crippen LogP contribution is -2.52. The molecule has 0 aliphatic rings. The summed E-state index contributed by atoms with van der Waals surface area (Å²) < 4.78 is 5.23. The minimum atomic E-state index is -1.30. The Bertz CT molecular complexity index is 1050. The number of carbonyl (C=O) groups is 4. The van der Waals surface area contributed by atoms with Crippen LogP contribution in [0.5, 0.6) is 0 Å². The van der Waals surface area contributed by atoms with Gasteiger partial charge in [0.2, 0.25) is 17.7 Å². The summed E-state index contributed by atoms with van der Waals surface area (Å²) in [5.74, 6) is -1.84. The molecular weight excluding hydrogens is 460 g/mol. The summed E-state index contributed by atoms with van der Waals surface area (Å²) in [6, 6.07) is 14.4. The largest absolute Gasteiger partial charge is 0.444 e. The molecule has 36 heavy (non-hydrogen) atoms. The van der Waals surface area contributed by atoms with Gasteiger partial charge in [-0.05, 0) is 43.9 Å². The molecule has 0 heterocycles. The molecule has 9 nitrogen and oxygen atoms in total. The highest BCUT2D eigenvalue weighted by molar-refractivity contribution is 5.94. The zero-order chi connectivity index (χ0) is 26.9. The average Bonchev–Trinajstić information content (AvgIpc) is 2.81. The van der Waals surface area contributed by atoms with E-state index < -0.39 is 47.9 Å². The van der Waals surface area contributed by atoms with Crippen LogP contribution in [0.2, 0.25) is 0 Å². The van der Waals surface area contributed by atoms with Crippen LogP contribution in [0, 0.1) is 0 Å². The number of nitrogens with two attached hydrogens (primary N) is 1. The van der Waals surface area contributed by atoms with Crippen LogP contribution < -0.4 is 16.4 Å². The highest BCUT2D eigenvalue weighted by Crippen LogP contribution is 2.22. The van der Waals surface area contributed by atoms with Crippen molar-refractivity contribution in [3.63, 3.8) is 0 Å². The number of nitrogens with zero attached hydrogens (tertiary/aromatic N) is 1. The SMILES string of the molecule is CCc1ccc(C(C(=O)NCc2ccccc2)N(C)C(=O)C(CC(N)=O)NC(=O)OC(C)(C)C)cc1. The summed E-state index contributed by atoms with van der Waals surface area (Å²) in [5, 5.41) is 5.30. The minimum absolute atomic E-state index is 0.270. The molecule has 2 rings (SSSR count). The van der Waals surface area contributed by atoms with Gasteiger partial charge >= 0.3 is 6.09 Å². The molecule has 2 atom stereocenters. The van der Waals surface area contributed by atoms with E-state index in [2.05, 4.69) is 10.6 Å². The molecule has 194 valence electrons. The topological polar surface area (TPSA) is 131 Å². The summed E-state index contributed by atoms with van der Waals surface area (Å²) >= 11 is 0. The van der Waals surface area contributed by atoms with Crippen molar-refractivity contribution in [2.75, 3.05) is 7.05 Å². The Morgan fingerprint density at radius 1 is 0.972 bits per heavy atom. The van der Waals surface area contributed by atoms with E-state index in [1.165, 1.54) is 11.9 Å². The fourth-order valence-corrected chi connectivity index (χ4v) is 3.59. The first-order valence-corrected chi connectivity index (χ1v) is 11.9. The predicted octanol–water partition coefficient (Wildman–Crippen LogP) is 2.83. The van der Waals surface area contributed by atoms with Crippen molar-refractivity contribution < 1.29 is 23.9 Å². The summed E-state index contributed by atoms with van der Waals surface area (Å²) in [5.41, 5.74) is 7.10. The predicted molar refractivity (Wildman–Crippen MR) is 137 cm³/mol. The maximum Gasteiger partial charge on any atom is 0.408 e. The summed E-state index contributed by atoms with van der Waals surface area (Å²) in [6.45, 7) is 7.32. The molecule has 4 amide bonds. The van der Waals surface area contributed by atoms with Crippen molar-refractivity contribution in [1.82, 2.24) is 15.5 Å². The number of rotatable bonds is 10. The lowest BCUT2D eigenvalue weighted by Gasteiger charge is -2.31. The van der Waals surface area contributed by atoms with Crippen molar-refractivity contribution >= 4 is 23.8 Å². The number of primary amides is 1. The molecule has 0 saturated heterocycles. The van der Waals surface area contributed by atoms with E-state index in [1.807, 2.05) is 49.4 Å². The summed E-state index contributed by atoms with van der Waals surface area (Å²) in [6.07, 6.45) is -0.497. The zero-order valence-electron chi connectivity index (χ0n) is 21.5. The van der Waals surface area contributed by atoms with Gasteiger partial charge in [-0.15, -0.1) is 0 Å². The van der Waals surface area contributed by atoms with Crippen LogP contribution in [-0.2, 0) is 32.1 Å². The van der Waals surface area contributed by atoms with E-state index >= 15 is 0 Å². The fourth-order valence-electron chi connectivity index (χ4n) is 3.59. The van der Waals surface area contributed by atoms with Crippen LogP contribution in [0.1, 0.15) is 56.8 Å². The molecule has 2 aromatic rings. The Kier molecular flexibility index (Phi) is 10.0. The highest BCUT2D eigenvalue weighted by Gasteiger charge is 2.34. The van der Waals surface area contributed by atoms with Crippen molar-refractivity contribution in [2.24, 2.45) is 5.73 Å². The lowest BCUT2D eigenvalue weighted by atomic mass is 10.0. The van der Waals surface area contributed by atoms with Gasteiger partial charge < -0.3 is 26.0 Å². The normalized spacial score (nSPS) is 12.7. The third kappa shape index (κ3) is 8.72. The third-order valence-electron chi connectivity index (χ3n) is 5.39. The molecular formula is C27H36N4O5. The Hall–Kier alpha value is -3.88. The number of aryl methyl sites for hydroxylation is 1. The van der Waals surface area contributed by atoms with Gasteiger partial charge in [0.15, 0.2) is 0 Å². The number of benzene rings is 2. The second-order valence-corrected chi connectivity index (χ2v) is 9.52. The van der Waals surface area contributed by atoms with Crippen LogP contribution in [-0.4, -0.2) is 47.4 Å². The summed E-state index contributed by atoms with van der Waals surface area (Å²) in [4.78, 5) is 52.1. The van der Waals surface area contributed by atoms with E-state index in [-0.39, 0.29) is 6.54 Å². The first kappa shape index (κ1) is 28.4. The van der Waals surface area contributed by atoms with Gasteiger partial charge in [-0.3, -0.25) is 14.4 Å². The van der Waals surface area contributed by atoms with Crippen molar-refractivity contribution in [3.8, 4) is 0 Å². The molecule has 2 unspecified atom stereocenters. The van der Waals surface area contributed by atoms with Crippen molar-refractivity contribution in [2.45, 2.75) is 64.8 Å². The second kappa shape index (κ2) is 12.7. The van der Waals surface area contributed by atoms with Crippen LogP contribution >= 0.6 is 0 Å². The third-order valence-corrected chi connectivity index (χ3v) is 5.39. The molecule has 0 aromatic heterocycles. The van der Waals surface area contributed by atoms with E-state index in [9.17, 15) is 19.2 Å². The molecule has 0 aliphatic carbocycles. The standard InChI is InChI=1S/C27H36N4O5/c1-6-18-12-14-20(15-13-18)23(24(33)29-17-19-10-8-7-9-11-19)31(5)25(34)21(16-22(28)32)30-26(35)36-27(2,3)4/h7-15,21,23H,6,16-17H2,1-5H3,(H2,28,32)(H,29,33)(H,30,35). The van der Waals surface area contributed by atoms with E-state index in [0.717, 1.165) is 17.5 Å². The van der Waals surface area contributed by atoms with Gasteiger partial charge in [0.25, 0.3) is 0 Å². The number of hydrogen-bond acceptors (Lipinski definition) is 5. The smallest absolute Gasteiger partial charge is 0.408 e. The molecule has 0 bridgehead atoms. The van der Waals surface area contributed by atoms with Crippen LogP contribution in [0.15, 0.2) is 54.6 Å². The Labute approximate surface area is 212 Å². The first-order chi connectivity index (χ1) is 16.9. The van der Waals surface area contributed by atoms with E-state index in [4.69, 9.17) is 10.5 Å². The minimum Gasteiger partial charge on any atom is -0.444 e. The average molecular weight is 497 g/mol. The van der Waals surface area contributed by atoms with Crippen LogP contribution in [0.3, 0.4) is 0 Å². The molecule has 0 fully saturated rings. The second-order valence-electron chi connectivity index (χ2n) is 9.52. The van der Waals surface area contributed by atoms with Crippen LogP contribution in [0.4, 0.5) is 4.79 Å². The molecule has 0 spiro atoms. The van der Waals surface area contributed by atoms with Gasteiger partial charge in [-0.2, -0.15) is 0 Å². The van der Waals surface area contributed by atoms with E-state index in [0.29, 0.717) is 5.56 Å². The Morgan fingerprint density at radius 2 is 1.58 bits per heavy atom. The lowest BCUT2D eigenvalue weighted by molar-refractivity contribution is -0.141. The Balaban J connectivity index is 2.32. The van der Waals surface area contributed by atoms with Gasteiger partial charge in [-0.1, -0.05) is 61.5 Å². The number of hydrogen-bond donors (Lipinski definition) is 3. The highest BCUT2D eigenvalue weighted by atomic mass is 16.6. The van der Waals surface area contributed by atoms with Crippen LogP contribution in [0.25, 0.3) is 0 Å². The van der Waals surface area contributed by atoms with Crippen molar-refractivity contribution in [3.05, 3.63) is 71.3 Å². The number of alkyl carbamates (subject to hydrolysis) is 1. The molecule has 9 heteroatoms. The number of amides is 4. The van der Waals surface area contributed by atoms with Gasteiger partial charge in [-0.25, -0.2) is 4.79 Å². The van der Waals surface area contributed by atoms with Gasteiger partial charge in [0.05, 0.1) is 6.42 Å². The molecule has 4 N–H and O–H groups in total. The quantitative estimate of drug-likeness (QED) is 0.466. The number of nitrogens with one attached hydrogen (secondary N) is 2. The van der Waals surface area contributed by atoms with Gasteiger partial charge in [0, 0.05) is 13.6 Å². The molecule has 0 saturated carbocycles. The molecule has 2 aromatic carbocycles. The molecule has 0 aliphatic heterocycles. The zero-order valence-corrected chi connectivity index (χ0v) is 21.5. The Morgan fingerprint density at radius 3 is 2.11 bits per heavy atom. The first-order valence-electron chi connectivity index (χ1n) is 11.9. The number of carbonyl (C=O) groups excluding carboxylic acids is 4. The fraction of sp³-hybridized carbons (Fsp3) is 0.407. The van der Waals surface area contributed by atoms with Gasteiger partial charge in [0.1, 0.15) is 17.7 Å². The summed E-state index contributed by atoms with van der Waals surface area (Å²) in [7, 11) is 1.45.